The highest BCUT2D eigenvalue weighted by Gasteiger charge is 2.18. The second kappa shape index (κ2) is 5.57. The van der Waals surface area contributed by atoms with Crippen LogP contribution in [0.4, 0.5) is 0 Å². The van der Waals surface area contributed by atoms with E-state index in [0.29, 0.717) is 5.69 Å². The van der Waals surface area contributed by atoms with E-state index in [0.717, 1.165) is 16.5 Å². The zero-order valence-electron chi connectivity index (χ0n) is 10.8. The summed E-state index contributed by atoms with van der Waals surface area (Å²) in [6, 6.07) is 7.68. The van der Waals surface area contributed by atoms with Crippen LogP contribution in [0.5, 0.6) is 0 Å². The summed E-state index contributed by atoms with van der Waals surface area (Å²) in [5.41, 5.74) is 1.54. The number of nitrogens with zero attached hydrogens (tertiary/aromatic N) is 2. The molecule has 0 saturated carbocycles. The molecule has 0 aliphatic carbocycles. The molecule has 19 heavy (non-hydrogen) atoms. The Bertz CT molecular complexity index is 607. The van der Waals surface area contributed by atoms with Crippen LogP contribution in [0, 0.1) is 0 Å². The third kappa shape index (κ3) is 2.87. The third-order valence-corrected chi connectivity index (χ3v) is 3.60. The fraction of sp³-hybridized carbons (Fsp3) is 0.286. The van der Waals surface area contributed by atoms with Gasteiger partial charge in [0.1, 0.15) is 11.3 Å². The Labute approximate surface area is 120 Å². The molecular formula is C14H15BrN2O2. The Morgan fingerprint density at radius 3 is 2.84 bits per heavy atom. The molecular weight excluding hydrogens is 308 g/mol. The summed E-state index contributed by atoms with van der Waals surface area (Å²) in [7, 11) is 0. The van der Waals surface area contributed by atoms with Crippen molar-refractivity contribution in [1.29, 1.82) is 0 Å². The predicted molar refractivity (Wildman–Crippen MR) is 77.3 cm³/mol. The Kier molecular flexibility index (Phi) is 4.04. The molecule has 1 atom stereocenters. The van der Waals surface area contributed by atoms with Crippen LogP contribution in [-0.4, -0.2) is 20.9 Å². The molecule has 2 rings (SSSR count). The first-order valence-electron chi connectivity index (χ1n) is 6.11. The molecule has 5 heteroatoms. The van der Waals surface area contributed by atoms with Crippen LogP contribution in [0.3, 0.4) is 0 Å². The van der Waals surface area contributed by atoms with Gasteiger partial charge in [-0.05, 0) is 25.5 Å². The molecule has 0 aliphatic heterocycles. The maximum atomic E-state index is 11.3. The monoisotopic (exact) mass is 322 g/mol. The molecule has 1 aromatic carbocycles. The smallest absolute Gasteiger partial charge is 0.339 e. The van der Waals surface area contributed by atoms with Crippen LogP contribution in [0.1, 0.15) is 36.7 Å². The van der Waals surface area contributed by atoms with Gasteiger partial charge in [0.25, 0.3) is 0 Å². The number of carboxylic acid groups (broad SMARTS) is 1. The van der Waals surface area contributed by atoms with Crippen LogP contribution in [0.2, 0.25) is 0 Å². The molecule has 0 aliphatic rings. The SMILES string of the molecule is CCC(C)n1cc(C(=O)O)c(-c2cccc(Br)c2)n1. The summed E-state index contributed by atoms with van der Waals surface area (Å²) in [4.78, 5) is 11.3. The van der Waals surface area contributed by atoms with Gasteiger partial charge in [-0.25, -0.2) is 4.79 Å². The molecule has 1 N–H and O–H groups in total. The van der Waals surface area contributed by atoms with Gasteiger partial charge in [-0.15, -0.1) is 0 Å². The number of benzene rings is 1. The van der Waals surface area contributed by atoms with E-state index in [4.69, 9.17) is 0 Å². The van der Waals surface area contributed by atoms with E-state index >= 15 is 0 Å². The van der Waals surface area contributed by atoms with Crippen molar-refractivity contribution in [3.8, 4) is 11.3 Å². The highest BCUT2D eigenvalue weighted by Crippen LogP contribution is 2.26. The van der Waals surface area contributed by atoms with Crippen LogP contribution >= 0.6 is 15.9 Å². The molecule has 2 aromatic rings. The van der Waals surface area contributed by atoms with Crippen molar-refractivity contribution in [3.63, 3.8) is 0 Å². The number of hydrogen-bond donors (Lipinski definition) is 1. The molecule has 4 nitrogen and oxygen atoms in total. The largest absolute Gasteiger partial charge is 0.478 e. The second-order valence-electron chi connectivity index (χ2n) is 4.44. The third-order valence-electron chi connectivity index (χ3n) is 3.10. The van der Waals surface area contributed by atoms with Gasteiger partial charge in [0, 0.05) is 22.3 Å². The maximum absolute atomic E-state index is 11.3. The van der Waals surface area contributed by atoms with Crippen molar-refractivity contribution >= 4 is 21.9 Å². The lowest BCUT2D eigenvalue weighted by Crippen LogP contribution is -2.04. The molecule has 1 heterocycles. The first-order valence-corrected chi connectivity index (χ1v) is 6.90. The number of aromatic nitrogens is 2. The summed E-state index contributed by atoms with van der Waals surface area (Å²) in [6.45, 7) is 4.06. The van der Waals surface area contributed by atoms with Crippen molar-refractivity contribution in [2.45, 2.75) is 26.3 Å². The molecule has 0 bridgehead atoms. The molecule has 0 radical (unpaired) electrons. The van der Waals surface area contributed by atoms with Gasteiger partial charge >= 0.3 is 5.97 Å². The minimum atomic E-state index is -0.954. The number of halogens is 1. The fourth-order valence-corrected chi connectivity index (χ4v) is 2.21. The van der Waals surface area contributed by atoms with Crippen LogP contribution in [0.15, 0.2) is 34.9 Å². The van der Waals surface area contributed by atoms with E-state index in [1.165, 1.54) is 0 Å². The fourth-order valence-electron chi connectivity index (χ4n) is 1.81. The molecule has 0 fully saturated rings. The Morgan fingerprint density at radius 1 is 1.53 bits per heavy atom. The average Bonchev–Trinajstić information content (AvgIpc) is 2.83. The molecule has 1 aromatic heterocycles. The van der Waals surface area contributed by atoms with Crippen LogP contribution in [-0.2, 0) is 0 Å². The summed E-state index contributed by atoms with van der Waals surface area (Å²) >= 11 is 3.39. The van der Waals surface area contributed by atoms with Gasteiger partial charge in [0.05, 0.1) is 0 Å². The summed E-state index contributed by atoms with van der Waals surface area (Å²) in [5, 5.41) is 13.7. The highest BCUT2D eigenvalue weighted by atomic mass is 79.9. The van der Waals surface area contributed by atoms with Gasteiger partial charge in [0.2, 0.25) is 0 Å². The quantitative estimate of drug-likeness (QED) is 0.926. The Balaban J connectivity index is 2.55. The summed E-state index contributed by atoms with van der Waals surface area (Å²) in [6.07, 6.45) is 2.51. The van der Waals surface area contributed by atoms with E-state index in [1.807, 2.05) is 38.1 Å². The Hall–Kier alpha value is -1.62. The first kappa shape index (κ1) is 13.8. The molecule has 0 saturated heterocycles. The molecule has 0 spiro atoms. The van der Waals surface area contributed by atoms with Crippen LogP contribution in [0.25, 0.3) is 11.3 Å². The molecule has 0 amide bonds. The van der Waals surface area contributed by atoms with Crippen LogP contribution < -0.4 is 0 Å². The lowest BCUT2D eigenvalue weighted by Gasteiger charge is -2.07. The number of hydrogen-bond acceptors (Lipinski definition) is 2. The van der Waals surface area contributed by atoms with Crippen molar-refractivity contribution in [1.82, 2.24) is 9.78 Å². The highest BCUT2D eigenvalue weighted by molar-refractivity contribution is 9.10. The van der Waals surface area contributed by atoms with Crippen molar-refractivity contribution in [2.75, 3.05) is 0 Å². The van der Waals surface area contributed by atoms with Crippen molar-refractivity contribution in [3.05, 3.63) is 40.5 Å². The lowest BCUT2D eigenvalue weighted by atomic mass is 10.1. The van der Waals surface area contributed by atoms with E-state index in [-0.39, 0.29) is 11.6 Å². The number of aromatic carboxylic acids is 1. The standard InChI is InChI=1S/C14H15BrN2O2/c1-3-9(2)17-8-12(14(18)19)13(16-17)10-5-4-6-11(15)7-10/h4-9H,3H2,1-2H3,(H,18,19). The predicted octanol–water partition coefficient (Wildman–Crippen LogP) is 3.98. The number of carboxylic acids is 1. The van der Waals surface area contributed by atoms with Crippen molar-refractivity contribution < 1.29 is 9.90 Å². The van der Waals surface area contributed by atoms with Gasteiger partial charge in [-0.1, -0.05) is 35.0 Å². The van der Waals surface area contributed by atoms with Gasteiger partial charge in [-0.3, -0.25) is 4.68 Å². The Morgan fingerprint density at radius 2 is 2.26 bits per heavy atom. The number of carbonyl (C=O) groups is 1. The summed E-state index contributed by atoms with van der Waals surface area (Å²) < 4.78 is 2.62. The number of rotatable bonds is 4. The van der Waals surface area contributed by atoms with Gasteiger partial charge < -0.3 is 5.11 Å². The van der Waals surface area contributed by atoms with Crippen molar-refractivity contribution in [2.24, 2.45) is 0 Å². The average molecular weight is 323 g/mol. The van der Waals surface area contributed by atoms with E-state index in [9.17, 15) is 9.90 Å². The van der Waals surface area contributed by atoms with E-state index in [1.54, 1.807) is 10.9 Å². The maximum Gasteiger partial charge on any atom is 0.339 e. The zero-order chi connectivity index (χ0) is 14.0. The topological polar surface area (TPSA) is 55.1 Å². The minimum Gasteiger partial charge on any atom is -0.478 e. The van der Waals surface area contributed by atoms with Gasteiger partial charge in [0.15, 0.2) is 0 Å². The van der Waals surface area contributed by atoms with Gasteiger partial charge in [-0.2, -0.15) is 5.10 Å². The first-order chi connectivity index (χ1) is 9.02. The summed E-state index contributed by atoms with van der Waals surface area (Å²) in [5.74, 6) is -0.954. The lowest BCUT2D eigenvalue weighted by molar-refractivity contribution is 0.0697. The molecule has 1 unspecified atom stereocenters. The van der Waals surface area contributed by atoms with E-state index in [2.05, 4.69) is 21.0 Å². The minimum absolute atomic E-state index is 0.180. The molecule has 100 valence electrons. The van der Waals surface area contributed by atoms with E-state index < -0.39 is 5.97 Å². The second-order valence-corrected chi connectivity index (χ2v) is 5.36. The zero-order valence-corrected chi connectivity index (χ0v) is 12.4. The normalized spacial score (nSPS) is 12.4.